The van der Waals surface area contributed by atoms with E-state index in [0.29, 0.717) is 0 Å². The average molecular weight is 291 g/mol. The molecule has 0 unspecified atom stereocenters. The zero-order valence-corrected chi connectivity index (χ0v) is 13.8. The van der Waals surface area contributed by atoms with Gasteiger partial charge in [-0.15, -0.1) is 0 Å². The van der Waals surface area contributed by atoms with Gasteiger partial charge in [-0.2, -0.15) is 0 Å². The molecule has 1 aromatic rings. The highest BCUT2D eigenvalue weighted by Crippen LogP contribution is 2.20. The zero-order valence-electron chi connectivity index (χ0n) is 13.8. The number of ether oxygens (including phenoxy) is 1. The molecular formula is C17H29N3O. The Morgan fingerprint density at radius 1 is 1.19 bits per heavy atom. The van der Waals surface area contributed by atoms with Gasteiger partial charge in [0, 0.05) is 33.9 Å². The Kier molecular flexibility index (Phi) is 7.83. The molecule has 0 saturated carbocycles. The summed E-state index contributed by atoms with van der Waals surface area (Å²) in [4.78, 5) is 4.25. The number of nitrogens with one attached hydrogen (secondary N) is 2. The Hall–Kier alpha value is -1.55. The lowest BCUT2D eigenvalue weighted by atomic mass is 9.86. The lowest BCUT2D eigenvalue weighted by Crippen LogP contribution is -2.43. The van der Waals surface area contributed by atoms with Crippen LogP contribution in [0.1, 0.15) is 25.8 Å². The molecule has 0 amide bonds. The first-order valence-corrected chi connectivity index (χ1v) is 7.55. The van der Waals surface area contributed by atoms with Gasteiger partial charge < -0.3 is 15.4 Å². The van der Waals surface area contributed by atoms with Crippen molar-refractivity contribution in [3.63, 3.8) is 0 Å². The molecule has 0 atom stereocenters. The van der Waals surface area contributed by atoms with E-state index in [-0.39, 0.29) is 5.41 Å². The van der Waals surface area contributed by atoms with Gasteiger partial charge in [-0.3, -0.25) is 4.99 Å². The fourth-order valence-electron chi connectivity index (χ4n) is 2.18. The Bertz CT molecular complexity index is 415. The fourth-order valence-corrected chi connectivity index (χ4v) is 2.18. The maximum absolute atomic E-state index is 5.04. The number of hydrogen-bond acceptors (Lipinski definition) is 2. The number of nitrogens with zero attached hydrogens (tertiary/aromatic N) is 1. The molecule has 0 aromatic heterocycles. The van der Waals surface area contributed by atoms with Gasteiger partial charge in [0.1, 0.15) is 0 Å². The van der Waals surface area contributed by atoms with Crippen LogP contribution in [0.2, 0.25) is 0 Å². The van der Waals surface area contributed by atoms with Gasteiger partial charge in [0.2, 0.25) is 0 Å². The zero-order chi connectivity index (χ0) is 15.6. The van der Waals surface area contributed by atoms with E-state index in [1.807, 2.05) is 0 Å². The molecule has 0 bridgehead atoms. The van der Waals surface area contributed by atoms with Gasteiger partial charge in [-0.25, -0.2) is 0 Å². The summed E-state index contributed by atoms with van der Waals surface area (Å²) in [5.74, 6) is 0.854. The molecule has 0 aliphatic rings. The van der Waals surface area contributed by atoms with Gasteiger partial charge in [0.25, 0.3) is 0 Å². The Balaban J connectivity index is 2.36. The van der Waals surface area contributed by atoms with Crippen LogP contribution in [0.5, 0.6) is 0 Å². The first-order chi connectivity index (χ1) is 10.1. The SMILES string of the molecule is CN=C(NCCCOC)NCC(C)(C)Cc1ccccc1. The molecule has 2 N–H and O–H groups in total. The van der Waals surface area contributed by atoms with E-state index in [9.17, 15) is 0 Å². The number of benzene rings is 1. The van der Waals surface area contributed by atoms with Crippen LogP contribution in [0, 0.1) is 5.41 Å². The minimum Gasteiger partial charge on any atom is -0.385 e. The van der Waals surface area contributed by atoms with Crippen LogP contribution in [-0.2, 0) is 11.2 Å². The second-order valence-corrected chi connectivity index (χ2v) is 6.03. The van der Waals surface area contributed by atoms with Crippen molar-refractivity contribution in [3.05, 3.63) is 35.9 Å². The fraction of sp³-hybridized carbons (Fsp3) is 0.588. The van der Waals surface area contributed by atoms with Crippen LogP contribution in [0.25, 0.3) is 0 Å². The number of hydrogen-bond donors (Lipinski definition) is 2. The largest absolute Gasteiger partial charge is 0.385 e. The summed E-state index contributed by atoms with van der Waals surface area (Å²) in [5, 5.41) is 6.70. The summed E-state index contributed by atoms with van der Waals surface area (Å²) >= 11 is 0. The molecule has 4 nitrogen and oxygen atoms in total. The second kappa shape index (κ2) is 9.40. The van der Waals surface area contributed by atoms with Gasteiger partial charge in [0.15, 0.2) is 5.96 Å². The Labute approximate surface area is 129 Å². The number of rotatable bonds is 8. The van der Waals surface area contributed by atoms with Crippen molar-refractivity contribution in [1.29, 1.82) is 0 Å². The first-order valence-electron chi connectivity index (χ1n) is 7.55. The molecule has 0 heterocycles. The smallest absolute Gasteiger partial charge is 0.190 e. The van der Waals surface area contributed by atoms with E-state index in [1.54, 1.807) is 14.2 Å². The number of aliphatic imine (C=N–C) groups is 1. The van der Waals surface area contributed by atoms with Gasteiger partial charge in [0.05, 0.1) is 0 Å². The standard InChI is InChI=1S/C17H29N3O/c1-17(2,13-15-9-6-5-7-10-15)14-20-16(18-3)19-11-8-12-21-4/h5-7,9-10H,8,11-14H2,1-4H3,(H2,18,19,20). The number of methoxy groups -OCH3 is 1. The van der Waals surface area contributed by atoms with Crippen LogP contribution < -0.4 is 10.6 Å². The highest BCUT2D eigenvalue weighted by Gasteiger charge is 2.18. The predicted molar refractivity (Wildman–Crippen MR) is 89.8 cm³/mol. The lowest BCUT2D eigenvalue weighted by Gasteiger charge is -2.26. The molecule has 4 heteroatoms. The normalized spacial score (nSPS) is 12.3. The van der Waals surface area contributed by atoms with Crippen LogP contribution in [0.15, 0.2) is 35.3 Å². The predicted octanol–water partition coefficient (Wildman–Crippen LogP) is 2.46. The van der Waals surface area contributed by atoms with Crippen LogP contribution in [-0.4, -0.2) is 39.8 Å². The van der Waals surface area contributed by atoms with Gasteiger partial charge in [-0.05, 0) is 23.8 Å². The summed E-state index contributed by atoms with van der Waals surface area (Å²) < 4.78 is 5.04. The molecule has 1 aromatic carbocycles. The van der Waals surface area contributed by atoms with Crippen LogP contribution >= 0.6 is 0 Å². The molecule has 118 valence electrons. The van der Waals surface area contributed by atoms with Gasteiger partial charge >= 0.3 is 0 Å². The Morgan fingerprint density at radius 3 is 2.52 bits per heavy atom. The van der Waals surface area contributed by atoms with Crippen molar-refractivity contribution in [2.45, 2.75) is 26.7 Å². The van der Waals surface area contributed by atoms with Gasteiger partial charge in [-0.1, -0.05) is 44.2 Å². The van der Waals surface area contributed by atoms with Crippen molar-refractivity contribution in [3.8, 4) is 0 Å². The van der Waals surface area contributed by atoms with Crippen molar-refractivity contribution < 1.29 is 4.74 Å². The summed E-state index contributed by atoms with van der Waals surface area (Å²) in [6.07, 6.45) is 2.02. The minimum atomic E-state index is 0.172. The highest BCUT2D eigenvalue weighted by atomic mass is 16.5. The molecule has 1 rings (SSSR count). The van der Waals surface area contributed by atoms with E-state index in [2.05, 4.69) is 59.8 Å². The monoisotopic (exact) mass is 291 g/mol. The summed E-state index contributed by atoms with van der Waals surface area (Å²) in [6.45, 7) is 7.05. The molecule has 0 fully saturated rings. The van der Waals surface area contributed by atoms with E-state index in [1.165, 1.54) is 5.56 Å². The maximum atomic E-state index is 5.04. The number of guanidine groups is 1. The quantitative estimate of drug-likeness (QED) is 0.439. The maximum Gasteiger partial charge on any atom is 0.190 e. The third kappa shape index (κ3) is 7.71. The molecule has 21 heavy (non-hydrogen) atoms. The van der Waals surface area contributed by atoms with E-state index >= 15 is 0 Å². The molecule has 0 saturated heterocycles. The van der Waals surface area contributed by atoms with Crippen molar-refractivity contribution in [1.82, 2.24) is 10.6 Å². The van der Waals surface area contributed by atoms with Crippen molar-refractivity contribution in [2.75, 3.05) is 33.9 Å². The van der Waals surface area contributed by atoms with Crippen LogP contribution in [0.4, 0.5) is 0 Å². The van der Waals surface area contributed by atoms with E-state index < -0.39 is 0 Å². The topological polar surface area (TPSA) is 45.7 Å². The lowest BCUT2D eigenvalue weighted by molar-refractivity contribution is 0.195. The van der Waals surface area contributed by atoms with E-state index in [0.717, 1.165) is 38.5 Å². The van der Waals surface area contributed by atoms with Crippen LogP contribution in [0.3, 0.4) is 0 Å². The first kappa shape index (κ1) is 17.5. The summed E-state index contributed by atoms with van der Waals surface area (Å²) in [7, 11) is 3.52. The second-order valence-electron chi connectivity index (χ2n) is 6.03. The molecule has 0 radical (unpaired) electrons. The molecule has 0 aliphatic heterocycles. The minimum absolute atomic E-state index is 0.172. The molecule has 0 aliphatic carbocycles. The summed E-state index contributed by atoms with van der Waals surface area (Å²) in [6, 6.07) is 10.6. The third-order valence-corrected chi connectivity index (χ3v) is 3.30. The van der Waals surface area contributed by atoms with Crippen molar-refractivity contribution in [2.24, 2.45) is 10.4 Å². The van der Waals surface area contributed by atoms with Crippen molar-refractivity contribution >= 4 is 5.96 Å². The summed E-state index contributed by atoms with van der Waals surface area (Å²) in [5.41, 5.74) is 1.54. The third-order valence-electron chi connectivity index (χ3n) is 3.30. The highest BCUT2D eigenvalue weighted by molar-refractivity contribution is 5.79. The van der Waals surface area contributed by atoms with E-state index in [4.69, 9.17) is 4.74 Å². The Morgan fingerprint density at radius 2 is 1.90 bits per heavy atom. The molecular weight excluding hydrogens is 262 g/mol. The molecule has 0 spiro atoms. The average Bonchev–Trinajstić information content (AvgIpc) is 2.47.